The van der Waals surface area contributed by atoms with Crippen LogP contribution in [0.5, 0.6) is 0 Å². The normalized spacial score (nSPS) is 11.2. The Bertz CT molecular complexity index is 541. The molecule has 1 aromatic carbocycles. The molecule has 3 heteroatoms. The molecule has 1 heterocycles. The molecule has 0 bridgehead atoms. The van der Waals surface area contributed by atoms with Crippen molar-refractivity contribution < 1.29 is 0 Å². The fourth-order valence-electron chi connectivity index (χ4n) is 2.24. The molecule has 0 fully saturated rings. The summed E-state index contributed by atoms with van der Waals surface area (Å²) in [5.74, 6) is 1.71. The highest BCUT2D eigenvalue weighted by Gasteiger charge is 2.05. The van der Waals surface area contributed by atoms with Gasteiger partial charge in [-0.15, -0.1) is 0 Å². The third-order valence-electron chi connectivity index (χ3n) is 3.23. The highest BCUT2D eigenvalue weighted by Crippen LogP contribution is 2.17. The smallest absolute Gasteiger partial charge is 0.110 e. The lowest BCUT2D eigenvalue weighted by Gasteiger charge is -2.12. The van der Waals surface area contributed by atoms with E-state index in [1.54, 1.807) is 0 Å². The lowest BCUT2D eigenvalue weighted by Crippen LogP contribution is -2.19. The Morgan fingerprint density at radius 2 is 2.05 bits per heavy atom. The number of hydrogen-bond donors (Lipinski definition) is 1. The zero-order chi connectivity index (χ0) is 13.8. The van der Waals surface area contributed by atoms with Crippen LogP contribution in [0.15, 0.2) is 30.6 Å². The van der Waals surface area contributed by atoms with E-state index in [2.05, 4.69) is 53.8 Å². The maximum Gasteiger partial charge on any atom is 0.110 e. The number of rotatable bonds is 5. The van der Waals surface area contributed by atoms with E-state index in [1.807, 2.05) is 19.3 Å². The molecular weight excluding hydrogens is 234 g/mol. The number of aromatic nitrogens is 2. The second-order valence-electron chi connectivity index (χ2n) is 5.49. The first-order valence-electron chi connectivity index (χ1n) is 6.88. The average Bonchev–Trinajstić information content (AvgIpc) is 2.75. The Balaban J connectivity index is 2.12. The standard InChI is InChI=1S/C16H23N3/c1-12(2)10-17-11-15-5-6-16(13(3)9-15)19-8-7-18-14(19)4/h5-9,12,17H,10-11H2,1-4H3. The molecule has 1 N–H and O–H groups in total. The Labute approximate surface area is 115 Å². The summed E-state index contributed by atoms with van der Waals surface area (Å²) >= 11 is 0. The Kier molecular flexibility index (Phi) is 4.38. The maximum absolute atomic E-state index is 4.28. The monoisotopic (exact) mass is 257 g/mol. The van der Waals surface area contributed by atoms with Crippen molar-refractivity contribution in [1.82, 2.24) is 14.9 Å². The van der Waals surface area contributed by atoms with Crippen LogP contribution in [0.4, 0.5) is 0 Å². The second-order valence-corrected chi connectivity index (χ2v) is 5.49. The Morgan fingerprint density at radius 3 is 2.63 bits per heavy atom. The van der Waals surface area contributed by atoms with Crippen molar-refractivity contribution in [2.75, 3.05) is 6.54 Å². The minimum atomic E-state index is 0.689. The second kappa shape index (κ2) is 6.02. The predicted octanol–water partition coefficient (Wildman–Crippen LogP) is 3.23. The molecule has 0 aliphatic rings. The van der Waals surface area contributed by atoms with Crippen LogP contribution in [-0.4, -0.2) is 16.1 Å². The molecule has 0 amide bonds. The van der Waals surface area contributed by atoms with Gasteiger partial charge >= 0.3 is 0 Å². The lowest BCUT2D eigenvalue weighted by molar-refractivity contribution is 0.552. The molecule has 19 heavy (non-hydrogen) atoms. The molecule has 0 saturated heterocycles. The highest BCUT2D eigenvalue weighted by atomic mass is 15.1. The fourth-order valence-corrected chi connectivity index (χ4v) is 2.24. The number of nitrogens with zero attached hydrogens (tertiary/aromatic N) is 2. The van der Waals surface area contributed by atoms with Gasteiger partial charge in [-0.1, -0.05) is 26.0 Å². The molecule has 3 nitrogen and oxygen atoms in total. The molecule has 0 unspecified atom stereocenters. The summed E-state index contributed by atoms with van der Waals surface area (Å²) in [4.78, 5) is 4.28. The van der Waals surface area contributed by atoms with Crippen LogP contribution in [-0.2, 0) is 6.54 Å². The van der Waals surface area contributed by atoms with Gasteiger partial charge in [-0.25, -0.2) is 4.98 Å². The molecular formula is C16H23N3. The first kappa shape index (κ1) is 13.8. The van der Waals surface area contributed by atoms with E-state index in [0.717, 1.165) is 18.9 Å². The first-order valence-corrected chi connectivity index (χ1v) is 6.88. The number of imidazole rings is 1. The zero-order valence-corrected chi connectivity index (χ0v) is 12.3. The third-order valence-corrected chi connectivity index (χ3v) is 3.23. The molecule has 0 atom stereocenters. The summed E-state index contributed by atoms with van der Waals surface area (Å²) < 4.78 is 2.13. The number of aryl methyl sites for hydroxylation is 2. The third kappa shape index (κ3) is 3.44. The number of benzene rings is 1. The molecule has 0 saturated carbocycles. The van der Waals surface area contributed by atoms with Crippen LogP contribution in [0, 0.1) is 19.8 Å². The van der Waals surface area contributed by atoms with E-state index < -0.39 is 0 Å². The largest absolute Gasteiger partial charge is 0.312 e. The van der Waals surface area contributed by atoms with Gasteiger partial charge in [0.1, 0.15) is 5.82 Å². The van der Waals surface area contributed by atoms with Gasteiger partial charge in [0, 0.05) is 24.6 Å². The Hall–Kier alpha value is -1.61. The van der Waals surface area contributed by atoms with Crippen molar-refractivity contribution in [3.63, 3.8) is 0 Å². The van der Waals surface area contributed by atoms with E-state index >= 15 is 0 Å². The van der Waals surface area contributed by atoms with E-state index in [-0.39, 0.29) is 0 Å². The van der Waals surface area contributed by atoms with Crippen molar-refractivity contribution in [2.45, 2.75) is 34.2 Å². The molecule has 0 spiro atoms. The predicted molar refractivity (Wildman–Crippen MR) is 79.6 cm³/mol. The zero-order valence-electron chi connectivity index (χ0n) is 12.3. The van der Waals surface area contributed by atoms with Gasteiger partial charge in [-0.2, -0.15) is 0 Å². The van der Waals surface area contributed by atoms with Crippen LogP contribution in [0.25, 0.3) is 5.69 Å². The van der Waals surface area contributed by atoms with Gasteiger partial charge in [-0.3, -0.25) is 0 Å². The number of nitrogens with one attached hydrogen (secondary N) is 1. The SMILES string of the molecule is Cc1cc(CNCC(C)C)ccc1-n1ccnc1C. The topological polar surface area (TPSA) is 29.9 Å². The van der Waals surface area contributed by atoms with Gasteiger partial charge < -0.3 is 9.88 Å². The summed E-state index contributed by atoms with van der Waals surface area (Å²) in [6.45, 7) is 10.6. The molecule has 1 aromatic heterocycles. The summed E-state index contributed by atoms with van der Waals surface area (Å²) in [7, 11) is 0. The quantitative estimate of drug-likeness (QED) is 0.891. The number of hydrogen-bond acceptors (Lipinski definition) is 2. The van der Waals surface area contributed by atoms with Crippen LogP contribution in [0.2, 0.25) is 0 Å². The summed E-state index contributed by atoms with van der Waals surface area (Å²) in [5.41, 5.74) is 3.83. The molecule has 102 valence electrons. The van der Waals surface area contributed by atoms with E-state index in [1.165, 1.54) is 16.8 Å². The fraction of sp³-hybridized carbons (Fsp3) is 0.438. The van der Waals surface area contributed by atoms with Crippen LogP contribution in [0.1, 0.15) is 30.8 Å². The molecule has 2 rings (SSSR count). The van der Waals surface area contributed by atoms with E-state index in [0.29, 0.717) is 5.92 Å². The highest BCUT2D eigenvalue weighted by molar-refractivity contribution is 5.43. The van der Waals surface area contributed by atoms with Crippen LogP contribution in [0.3, 0.4) is 0 Å². The lowest BCUT2D eigenvalue weighted by atomic mass is 10.1. The first-order chi connectivity index (χ1) is 9.08. The van der Waals surface area contributed by atoms with Gasteiger partial charge in [0.15, 0.2) is 0 Å². The molecule has 0 aliphatic carbocycles. The van der Waals surface area contributed by atoms with Crippen molar-refractivity contribution in [3.8, 4) is 5.69 Å². The van der Waals surface area contributed by atoms with Gasteiger partial charge in [0.25, 0.3) is 0 Å². The van der Waals surface area contributed by atoms with Gasteiger partial charge in [0.05, 0.1) is 0 Å². The van der Waals surface area contributed by atoms with Gasteiger partial charge in [0.2, 0.25) is 0 Å². The van der Waals surface area contributed by atoms with E-state index in [4.69, 9.17) is 0 Å². The van der Waals surface area contributed by atoms with Crippen LogP contribution < -0.4 is 5.32 Å². The van der Waals surface area contributed by atoms with Crippen LogP contribution >= 0.6 is 0 Å². The summed E-state index contributed by atoms with van der Waals surface area (Å²) in [5, 5.41) is 3.47. The minimum absolute atomic E-state index is 0.689. The minimum Gasteiger partial charge on any atom is -0.312 e. The van der Waals surface area contributed by atoms with E-state index in [9.17, 15) is 0 Å². The summed E-state index contributed by atoms with van der Waals surface area (Å²) in [6, 6.07) is 6.62. The van der Waals surface area contributed by atoms with Gasteiger partial charge in [-0.05, 0) is 43.5 Å². The molecule has 0 aliphatic heterocycles. The Morgan fingerprint density at radius 1 is 1.26 bits per heavy atom. The van der Waals surface area contributed by atoms with Crippen molar-refractivity contribution in [3.05, 3.63) is 47.5 Å². The molecule has 0 radical (unpaired) electrons. The maximum atomic E-state index is 4.28. The summed E-state index contributed by atoms with van der Waals surface area (Å²) in [6.07, 6.45) is 3.85. The van der Waals surface area contributed by atoms with Crippen molar-refractivity contribution in [2.24, 2.45) is 5.92 Å². The van der Waals surface area contributed by atoms with Crippen molar-refractivity contribution >= 4 is 0 Å². The average molecular weight is 257 g/mol. The van der Waals surface area contributed by atoms with Crippen molar-refractivity contribution in [1.29, 1.82) is 0 Å². The molecule has 2 aromatic rings.